The first kappa shape index (κ1) is 11.5. The van der Waals surface area contributed by atoms with Crippen molar-refractivity contribution < 1.29 is 4.74 Å². The fraction of sp³-hybridized carbons (Fsp3) is 0.364. The Hall–Kier alpha value is -1.95. The third kappa shape index (κ3) is 2.79. The lowest BCUT2D eigenvalue weighted by molar-refractivity contribution is 0.421. The molecule has 2 rings (SSSR count). The molecule has 90 valence electrons. The minimum absolute atomic E-state index is 0.306. The molecular formula is C11H15N5O. The monoisotopic (exact) mass is 233 g/mol. The summed E-state index contributed by atoms with van der Waals surface area (Å²) in [6.45, 7) is 2.74. The van der Waals surface area contributed by atoms with E-state index in [9.17, 15) is 0 Å². The molecule has 0 aliphatic heterocycles. The Labute approximate surface area is 99.7 Å². The van der Waals surface area contributed by atoms with Crippen LogP contribution >= 0.6 is 0 Å². The number of nitrogens with one attached hydrogen (secondary N) is 1. The van der Waals surface area contributed by atoms with Crippen LogP contribution in [0.3, 0.4) is 0 Å². The van der Waals surface area contributed by atoms with Crippen LogP contribution in [0.2, 0.25) is 0 Å². The number of pyridine rings is 1. The van der Waals surface area contributed by atoms with Crippen LogP contribution in [-0.2, 0) is 13.6 Å². The molecule has 0 amide bonds. The van der Waals surface area contributed by atoms with Crippen LogP contribution in [0.1, 0.15) is 11.3 Å². The fourth-order valence-electron chi connectivity index (χ4n) is 1.46. The van der Waals surface area contributed by atoms with E-state index < -0.39 is 0 Å². The first-order valence-electron chi connectivity index (χ1n) is 5.33. The second-order valence-electron chi connectivity index (χ2n) is 3.73. The van der Waals surface area contributed by atoms with Crippen LogP contribution in [-0.4, -0.2) is 26.8 Å². The molecule has 0 aromatic carbocycles. The van der Waals surface area contributed by atoms with Gasteiger partial charge in [-0.2, -0.15) is 4.98 Å². The Morgan fingerprint density at radius 2 is 2.24 bits per heavy atom. The van der Waals surface area contributed by atoms with Gasteiger partial charge in [-0.3, -0.25) is 4.68 Å². The van der Waals surface area contributed by atoms with Crippen molar-refractivity contribution in [1.82, 2.24) is 25.1 Å². The zero-order chi connectivity index (χ0) is 12.3. The van der Waals surface area contributed by atoms with E-state index in [1.54, 1.807) is 18.1 Å². The zero-order valence-corrected chi connectivity index (χ0v) is 10.1. The molecule has 2 aromatic rings. The zero-order valence-electron chi connectivity index (χ0n) is 10.1. The predicted molar refractivity (Wildman–Crippen MR) is 62.8 cm³/mol. The second-order valence-corrected chi connectivity index (χ2v) is 3.73. The van der Waals surface area contributed by atoms with E-state index in [1.165, 1.54) is 0 Å². The minimum atomic E-state index is 0.306. The van der Waals surface area contributed by atoms with Gasteiger partial charge in [0.05, 0.1) is 0 Å². The van der Waals surface area contributed by atoms with Crippen molar-refractivity contribution in [2.24, 2.45) is 7.05 Å². The van der Waals surface area contributed by atoms with Crippen molar-refractivity contribution in [2.75, 3.05) is 7.05 Å². The highest BCUT2D eigenvalue weighted by molar-refractivity contribution is 5.26. The standard InChI is InChI=1S/C11H15N5O/c1-8-9(6-12-2)4-5-10(14-8)17-11-13-7-16(3)15-11/h4-5,7,12H,6H2,1-3H3. The van der Waals surface area contributed by atoms with Crippen LogP contribution in [0.15, 0.2) is 18.5 Å². The molecule has 6 nitrogen and oxygen atoms in total. The number of nitrogens with zero attached hydrogens (tertiary/aromatic N) is 4. The van der Waals surface area contributed by atoms with Gasteiger partial charge in [-0.15, -0.1) is 5.10 Å². The van der Waals surface area contributed by atoms with E-state index in [4.69, 9.17) is 4.74 Å². The summed E-state index contributed by atoms with van der Waals surface area (Å²) < 4.78 is 7.02. The van der Waals surface area contributed by atoms with Crippen molar-refractivity contribution >= 4 is 0 Å². The molecule has 0 spiro atoms. The predicted octanol–water partition coefficient (Wildman–Crippen LogP) is 1.03. The average Bonchev–Trinajstić information content (AvgIpc) is 2.68. The topological polar surface area (TPSA) is 64.9 Å². The lowest BCUT2D eigenvalue weighted by Crippen LogP contribution is -2.07. The maximum absolute atomic E-state index is 5.44. The Bertz CT molecular complexity index is 508. The normalized spacial score (nSPS) is 10.5. The summed E-state index contributed by atoms with van der Waals surface area (Å²) in [5, 5.41) is 7.11. The van der Waals surface area contributed by atoms with Gasteiger partial charge in [0.25, 0.3) is 0 Å². The smallest absolute Gasteiger partial charge is 0.342 e. The summed E-state index contributed by atoms with van der Waals surface area (Å²) in [6, 6.07) is 4.11. The molecule has 6 heteroatoms. The molecule has 0 atom stereocenters. The number of aryl methyl sites for hydroxylation is 2. The Kier molecular flexibility index (Phi) is 3.34. The molecule has 0 fully saturated rings. The number of hydrogen-bond donors (Lipinski definition) is 1. The molecule has 0 radical (unpaired) electrons. The third-order valence-corrected chi connectivity index (χ3v) is 2.31. The van der Waals surface area contributed by atoms with Crippen molar-refractivity contribution in [1.29, 1.82) is 0 Å². The van der Waals surface area contributed by atoms with Crippen LogP contribution in [0.25, 0.3) is 0 Å². The van der Waals surface area contributed by atoms with Gasteiger partial charge in [-0.1, -0.05) is 6.07 Å². The molecule has 2 heterocycles. The molecule has 17 heavy (non-hydrogen) atoms. The van der Waals surface area contributed by atoms with Gasteiger partial charge in [0.15, 0.2) is 0 Å². The Morgan fingerprint density at radius 1 is 1.41 bits per heavy atom. The summed E-state index contributed by atoms with van der Waals surface area (Å²) in [6.07, 6.45) is 1.58. The van der Waals surface area contributed by atoms with Crippen LogP contribution in [0, 0.1) is 6.92 Å². The molecule has 0 aliphatic rings. The third-order valence-electron chi connectivity index (χ3n) is 2.31. The van der Waals surface area contributed by atoms with Gasteiger partial charge in [0.1, 0.15) is 6.33 Å². The van der Waals surface area contributed by atoms with E-state index in [-0.39, 0.29) is 0 Å². The number of ether oxygens (including phenoxy) is 1. The van der Waals surface area contributed by atoms with Crippen molar-refractivity contribution in [3.63, 3.8) is 0 Å². The largest absolute Gasteiger partial charge is 0.404 e. The molecule has 1 N–H and O–H groups in total. The number of aromatic nitrogens is 4. The number of hydrogen-bond acceptors (Lipinski definition) is 5. The van der Waals surface area contributed by atoms with E-state index in [1.807, 2.05) is 26.1 Å². The molecule has 0 saturated heterocycles. The summed E-state index contributed by atoms with van der Waals surface area (Å²) in [5.74, 6) is 0.508. The maximum Gasteiger partial charge on any atom is 0.342 e. The van der Waals surface area contributed by atoms with E-state index in [0.717, 1.165) is 17.8 Å². The van der Waals surface area contributed by atoms with Crippen LogP contribution in [0.5, 0.6) is 11.9 Å². The van der Waals surface area contributed by atoms with Gasteiger partial charge in [0, 0.05) is 25.4 Å². The Balaban J connectivity index is 2.14. The lowest BCUT2D eigenvalue weighted by atomic mass is 10.2. The quantitative estimate of drug-likeness (QED) is 0.854. The lowest BCUT2D eigenvalue weighted by Gasteiger charge is -2.06. The molecule has 0 saturated carbocycles. The highest BCUT2D eigenvalue weighted by Gasteiger charge is 2.05. The molecule has 0 unspecified atom stereocenters. The SMILES string of the molecule is CNCc1ccc(Oc2ncn(C)n2)nc1C. The van der Waals surface area contributed by atoms with Crippen molar-refractivity contribution in [3.8, 4) is 11.9 Å². The highest BCUT2D eigenvalue weighted by atomic mass is 16.5. The van der Waals surface area contributed by atoms with Gasteiger partial charge in [-0.05, 0) is 19.5 Å². The first-order valence-corrected chi connectivity index (χ1v) is 5.33. The summed E-state index contributed by atoms with van der Waals surface area (Å²) in [4.78, 5) is 8.32. The summed E-state index contributed by atoms with van der Waals surface area (Å²) in [5.41, 5.74) is 2.08. The average molecular weight is 233 g/mol. The van der Waals surface area contributed by atoms with Gasteiger partial charge in [0.2, 0.25) is 5.88 Å². The van der Waals surface area contributed by atoms with E-state index in [2.05, 4.69) is 20.4 Å². The van der Waals surface area contributed by atoms with Crippen LogP contribution in [0.4, 0.5) is 0 Å². The number of rotatable bonds is 4. The fourth-order valence-corrected chi connectivity index (χ4v) is 1.46. The van der Waals surface area contributed by atoms with Gasteiger partial charge >= 0.3 is 6.01 Å². The summed E-state index contributed by atoms with van der Waals surface area (Å²) >= 11 is 0. The maximum atomic E-state index is 5.44. The molecule has 0 aliphatic carbocycles. The van der Waals surface area contributed by atoms with Crippen molar-refractivity contribution in [2.45, 2.75) is 13.5 Å². The van der Waals surface area contributed by atoms with Gasteiger partial charge < -0.3 is 10.1 Å². The second kappa shape index (κ2) is 4.92. The Morgan fingerprint density at radius 3 is 2.82 bits per heavy atom. The van der Waals surface area contributed by atoms with E-state index in [0.29, 0.717) is 11.9 Å². The first-order chi connectivity index (χ1) is 8.19. The molecular weight excluding hydrogens is 218 g/mol. The van der Waals surface area contributed by atoms with E-state index >= 15 is 0 Å². The highest BCUT2D eigenvalue weighted by Crippen LogP contribution is 2.16. The van der Waals surface area contributed by atoms with Crippen molar-refractivity contribution in [3.05, 3.63) is 29.7 Å². The summed E-state index contributed by atoms with van der Waals surface area (Å²) in [7, 11) is 3.69. The molecule has 2 aromatic heterocycles. The van der Waals surface area contributed by atoms with Gasteiger partial charge in [-0.25, -0.2) is 4.98 Å². The molecule has 0 bridgehead atoms. The van der Waals surface area contributed by atoms with Crippen LogP contribution < -0.4 is 10.1 Å². The minimum Gasteiger partial charge on any atom is -0.404 e.